The Balaban J connectivity index is 2.25. The van der Waals surface area contributed by atoms with E-state index in [1.54, 1.807) is 4.90 Å². The molecule has 0 spiro atoms. The summed E-state index contributed by atoms with van der Waals surface area (Å²) < 4.78 is 0. The second-order valence-electron chi connectivity index (χ2n) is 4.48. The molecule has 2 aliphatic rings. The number of aliphatic carboxylic acids is 1. The number of rotatable bonds is 1. The summed E-state index contributed by atoms with van der Waals surface area (Å²) >= 11 is 0. The number of fused-ring (bicyclic) bond motifs is 2. The van der Waals surface area contributed by atoms with Crippen LogP contribution in [-0.4, -0.2) is 34.5 Å². The van der Waals surface area contributed by atoms with E-state index in [1.807, 2.05) is 0 Å². The molecule has 1 N–H and O–H groups in total. The average Bonchev–Trinajstić information content (AvgIpc) is 2.39. The molecule has 0 aromatic heterocycles. The van der Waals surface area contributed by atoms with Crippen molar-refractivity contribution >= 4 is 11.9 Å². The van der Waals surface area contributed by atoms with Crippen LogP contribution in [0, 0.1) is 5.41 Å². The number of likely N-dealkylation sites (tertiary alicyclic amines) is 1. The Morgan fingerprint density at radius 2 is 2.21 bits per heavy atom. The maximum Gasteiger partial charge on any atom is 0.311 e. The molecule has 1 amide bonds. The van der Waals surface area contributed by atoms with Crippen LogP contribution < -0.4 is 0 Å². The molecule has 1 aliphatic carbocycles. The molecule has 0 aromatic rings. The maximum atomic E-state index is 11.3. The van der Waals surface area contributed by atoms with Crippen LogP contribution in [0.2, 0.25) is 0 Å². The second kappa shape index (κ2) is 2.97. The van der Waals surface area contributed by atoms with Crippen molar-refractivity contribution in [1.82, 2.24) is 4.90 Å². The van der Waals surface area contributed by atoms with Crippen LogP contribution in [0.1, 0.15) is 32.6 Å². The minimum absolute atomic E-state index is 0.0139. The fraction of sp³-hybridized carbons (Fsp3) is 0.800. The number of nitrogens with zero attached hydrogens (tertiary/aromatic N) is 1. The van der Waals surface area contributed by atoms with Gasteiger partial charge >= 0.3 is 5.97 Å². The zero-order valence-electron chi connectivity index (χ0n) is 8.32. The number of hydrogen-bond donors (Lipinski definition) is 1. The Morgan fingerprint density at radius 3 is 2.71 bits per heavy atom. The van der Waals surface area contributed by atoms with E-state index in [1.165, 1.54) is 6.92 Å². The zero-order chi connectivity index (χ0) is 10.3. The molecule has 78 valence electrons. The van der Waals surface area contributed by atoms with E-state index in [0.29, 0.717) is 13.0 Å². The van der Waals surface area contributed by atoms with E-state index < -0.39 is 11.4 Å². The summed E-state index contributed by atoms with van der Waals surface area (Å²) in [5, 5.41) is 9.18. The standard InChI is InChI=1S/C10H15NO3/c1-7(12)11-6-10(9(13)14)4-2-3-8(11)5-10/h8H,2-6H2,1H3,(H,13,14). The molecule has 0 aromatic carbocycles. The Morgan fingerprint density at radius 1 is 1.50 bits per heavy atom. The van der Waals surface area contributed by atoms with Gasteiger partial charge in [-0.15, -0.1) is 0 Å². The van der Waals surface area contributed by atoms with Gasteiger partial charge in [-0.2, -0.15) is 0 Å². The van der Waals surface area contributed by atoms with Crippen molar-refractivity contribution < 1.29 is 14.7 Å². The van der Waals surface area contributed by atoms with Gasteiger partial charge in [-0.1, -0.05) is 6.42 Å². The lowest BCUT2D eigenvalue weighted by Gasteiger charge is -2.26. The number of amides is 1. The number of hydrogen-bond acceptors (Lipinski definition) is 2. The zero-order valence-corrected chi connectivity index (χ0v) is 8.32. The molecule has 2 unspecified atom stereocenters. The van der Waals surface area contributed by atoms with Gasteiger partial charge < -0.3 is 10.0 Å². The van der Waals surface area contributed by atoms with Crippen molar-refractivity contribution in [2.75, 3.05) is 6.54 Å². The molecule has 1 saturated heterocycles. The molecule has 2 fully saturated rings. The molecule has 4 heteroatoms. The van der Waals surface area contributed by atoms with Crippen LogP contribution in [0.3, 0.4) is 0 Å². The highest BCUT2D eigenvalue weighted by atomic mass is 16.4. The first-order valence-corrected chi connectivity index (χ1v) is 5.06. The lowest BCUT2D eigenvalue weighted by Crippen LogP contribution is -2.35. The van der Waals surface area contributed by atoms with E-state index in [-0.39, 0.29) is 11.9 Å². The highest BCUT2D eigenvalue weighted by Crippen LogP contribution is 2.45. The monoisotopic (exact) mass is 197 g/mol. The topological polar surface area (TPSA) is 57.6 Å². The third-order valence-corrected chi connectivity index (χ3v) is 3.59. The molecular weight excluding hydrogens is 182 g/mol. The Labute approximate surface area is 82.9 Å². The number of carboxylic acids is 1. The lowest BCUT2D eigenvalue weighted by molar-refractivity contribution is -0.149. The Kier molecular flexibility index (Phi) is 2.01. The fourth-order valence-corrected chi connectivity index (χ4v) is 2.83. The molecule has 2 bridgehead atoms. The van der Waals surface area contributed by atoms with E-state index >= 15 is 0 Å². The molecule has 1 saturated carbocycles. The predicted octanol–water partition coefficient (Wildman–Crippen LogP) is 0.862. The quantitative estimate of drug-likeness (QED) is 0.678. The summed E-state index contributed by atoms with van der Waals surface area (Å²) in [6.07, 6.45) is 3.28. The van der Waals surface area contributed by atoms with Crippen LogP contribution in [0.15, 0.2) is 0 Å². The van der Waals surface area contributed by atoms with Gasteiger partial charge in [0.1, 0.15) is 0 Å². The third kappa shape index (κ3) is 1.21. The van der Waals surface area contributed by atoms with E-state index in [9.17, 15) is 14.7 Å². The van der Waals surface area contributed by atoms with Gasteiger partial charge in [0.15, 0.2) is 0 Å². The smallest absolute Gasteiger partial charge is 0.311 e. The Bertz CT molecular complexity index is 289. The largest absolute Gasteiger partial charge is 0.481 e. The fourth-order valence-electron chi connectivity index (χ4n) is 2.83. The number of carboxylic acid groups (broad SMARTS) is 1. The highest BCUT2D eigenvalue weighted by Gasteiger charge is 2.52. The van der Waals surface area contributed by atoms with Crippen LogP contribution >= 0.6 is 0 Å². The van der Waals surface area contributed by atoms with Crippen molar-refractivity contribution in [2.24, 2.45) is 5.41 Å². The molecule has 2 atom stereocenters. The minimum atomic E-state index is -0.731. The van der Waals surface area contributed by atoms with E-state index in [0.717, 1.165) is 19.3 Å². The predicted molar refractivity (Wildman–Crippen MR) is 49.7 cm³/mol. The number of carbonyl (C=O) groups is 2. The van der Waals surface area contributed by atoms with Crippen LogP contribution in [0.4, 0.5) is 0 Å². The molecule has 1 aliphatic heterocycles. The highest BCUT2D eigenvalue weighted by molar-refractivity contribution is 5.80. The average molecular weight is 197 g/mol. The van der Waals surface area contributed by atoms with Crippen molar-refractivity contribution in [1.29, 1.82) is 0 Å². The Hall–Kier alpha value is -1.06. The molecular formula is C10H15NO3. The van der Waals surface area contributed by atoms with E-state index in [4.69, 9.17) is 0 Å². The van der Waals surface area contributed by atoms with Gasteiger partial charge in [-0.25, -0.2) is 0 Å². The molecule has 0 radical (unpaired) electrons. The maximum absolute atomic E-state index is 11.3. The van der Waals surface area contributed by atoms with Crippen molar-refractivity contribution in [3.63, 3.8) is 0 Å². The van der Waals surface area contributed by atoms with Crippen molar-refractivity contribution in [3.05, 3.63) is 0 Å². The summed E-state index contributed by atoms with van der Waals surface area (Å²) in [5.41, 5.74) is -0.630. The van der Waals surface area contributed by atoms with Gasteiger partial charge in [0.2, 0.25) is 5.91 Å². The van der Waals surface area contributed by atoms with Gasteiger partial charge in [-0.3, -0.25) is 9.59 Å². The van der Waals surface area contributed by atoms with Gasteiger partial charge in [0.05, 0.1) is 5.41 Å². The van der Waals surface area contributed by atoms with Crippen molar-refractivity contribution in [2.45, 2.75) is 38.6 Å². The normalized spacial score (nSPS) is 35.8. The van der Waals surface area contributed by atoms with Crippen LogP contribution in [0.5, 0.6) is 0 Å². The molecule has 1 heterocycles. The van der Waals surface area contributed by atoms with Crippen LogP contribution in [0.25, 0.3) is 0 Å². The van der Waals surface area contributed by atoms with E-state index in [2.05, 4.69) is 0 Å². The van der Waals surface area contributed by atoms with Gasteiger partial charge in [-0.05, 0) is 19.3 Å². The van der Waals surface area contributed by atoms with Crippen LogP contribution in [-0.2, 0) is 9.59 Å². The van der Waals surface area contributed by atoms with Crippen molar-refractivity contribution in [3.8, 4) is 0 Å². The molecule has 2 rings (SSSR count). The SMILES string of the molecule is CC(=O)N1CC2(C(=O)O)CCCC1C2. The summed E-state index contributed by atoms with van der Waals surface area (Å²) in [6.45, 7) is 1.94. The summed E-state index contributed by atoms with van der Waals surface area (Å²) in [7, 11) is 0. The number of carbonyl (C=O) groups excluding carboxylic acids is 1. The first-order valence-electron chi connectivity index (χ1n) is 5.06. The summed E-state index contributed by atoms with van der Waals surface area (Å²) in [4.78, 5) is 24.2. The summed E-state index contributed by atoms with van der Waals surface area (Å²) in [5.74, 6) is -0.717. The first kappa shape index (κ1) is 9.49. The molecule has 14 heavy (non-hydrogen) atoms. The molecule has 4 nitrogen and oxygen atoms in total. The third-order valence-electron chi connectivity index (χ3n) is 3.59. The lowest BCUT2D eigenvalue weighted by atomic mass is 9.76. The van der Waals surface area contributed by atoms with Gasteiger partial charge in [0, 0.05) is 19.5 Å². The minimum Gasteiger partial charge on any atom is -0.481 e. The summed E-state index contributed by atoms with van der Waals surface area (Å²) in [6, 6.07) is 0.178. The second-order valence-corrected chi connectivity index (χ2v) is 4.48. The van der Waals surface area contributed by atoms with Gasteiger partial charge in [0.25, 0.3) is 0 Å². The first-order chi connectivity index (χ1) is 6.55.